The predicted octanol–water partition coefficient (Wildman–Crippen LogP) is 1.86. The second-order valence-corrected chi connectivity index (χ2v) is 5.05. The standard InChI is InChI=1S/C10H17N3S/c1-7-4-3-5-10(7,6-11)9-12-8(2)13-14-9/h7H,3-6,11H2,1-2H3. The van der Waals surface area contributed by atoms with Crippen molar-refractivity contribution in [3.63, 3.8) is 0 Å². The lowest BCUT2D eigenvalue weighted by atomic mass is 9.79. The Morgan fingerprint density at radius 3 is 2.86 bits per heavy atom. The van der Waals surface area contributed by atoms with Gasteiger partial charge in [0.1, 0.15) is 10.8 Å². The van der Waals surface area contributed by atoms with Crippen LogP contribution < -0.4 is 5.73 Å². The number of hydrogen-bond acceptors (Lipinski definition) is 4. The summed E-state index contributed by atoms with van der Waals surface area (Å²) in [5.41, 5.74) is 6.07. The molecule has 0 radical (unpaired) electrons. The highest BCUT2D eigenvalue weighted by Crippen LogP contribution is 2.45. The van der Waals surface area contributed by atoms with Crippen LogP contribution in [0.25, 0.3) is 0 Å². The lowest BCUT2D eigenvalue weighted by molar-refractivity contribution is 0.344. The first-order valence-corrected chi connectivity index (χ1v) is 5.97. The molecular formula is C10H17N3S. The van der Waals surface area contributed by atoms with Crippen molar-refractivity contribution in [1.29, 1.82) is 0 Å². The summed E-state index contributed by atoms with van der Waals surface area (Å²) in [4.78, 5) is 4.51. The molecule has 0 saturated heterocycles. The third-order valence-corrected chi connectivity index (χ3v) is 4.55. The van der Waals surface area contributed by atoms with E-state index < -0.39 is 0 Å². The van der Waals surface area contributed by atoms with E-state index in [4.69, 9.17) is 5.73 Å². The summed E-state index contributed by atoms with van der Waals surface area (Å²) in [6.45, 7) is 4.95. The minimum absolute atomic E-state index is 0.131. The van der Waals surface area contributed by atoms with Crippen LogP contribution in [0.15, 0.2) is 0 Å². The van der Waals surface area contributed by atoms with Crippen LogP contribution in [0.1, 0.15) is 37.0 Å². The zero-order chi connectivity index (χ0) is 10.2. The van der Waals surface area contributed by atoms with Gasteiger partial charge < -0.3 is 5.73 Å². The molecule has 2 rings (SSSR count). The molecule has 3 nitrogen and oxygen atoms in total. The molecule has 78 valence electrons. The molecular weight excluding hydrogens is 194 g/mol. The van der Waals surface area contributed by atoms with E-state index in [0.29, 0.717) is 12.5 Å². The second kappa shape index (κ2) is 3.59. The third kappa shape index (κ3) is 1.37. The van der Waals surface area contributed by atoms with Gasteiger partial charge in [0.2, 0.25) is 0 Å². The van der Waals surface area contributed by atoms with Crippen LogP contribution in [0, 0.1) is 12.8 Å². The number of aryl methyl sites for hydroxylation is 1. The van der Waals surface area contributed by atoms with E-state index in [9.17, 15) is 0 Å². The topological polar surface area (TPSA) is 51.8 Å². The highest BCUT2D eigenvalue weighted by atomic mass is 32.1. The number of hydrogen-bond donors (Lipinski definition) is 1. The van der Waals surface area contributed by atoms with E-state index in [0.717, 1.165) is 10.8 Å². The number of nitrogens with two attached hydrogens (primary N) is 1. The Morgan fingerprint density at radius 1 is 1.64 bits per heavy atom. The first-order valence-electron chi connectivity index (χ1n) is 5.20. The Bertz CT molecular complexity index is 323. The van der Waals surface area contributed by atoms with Gasteiger partial charge in [0.25, 0.3) is 0 Å². The molecule has 14 heavy (non-hydrogen) atoms. The van der Waals surface area contributed by atoms with Crippen molar-refractivity contribution in [3.05, 3.63) is 10.8 Å². The number of aromatic nitrogens is 2. The molecule has 4 heteroatoms. The molecule has 1 heterocycles. The van der Waals surface area contributed by atoms with Crippen LogP contribution in [0.5, 0.6) is 0 Å². The molecule has 1 fully saturated rings. The van der Waals surface area contributed by atoms with Gasteiger partial charge in [-0.15, -0.1) is 0 Å². The van der Waals surface area contributed by atoms with Gasteiger partial charge in [-0.05, 0) is 37.2 Å². The zero-order valence-corrected chi connectivity index (χ0v) is 9.60. The van der Waals surface area contributed by atoms with Gasteiger partial charge >= 0.3 is 0 Å². The highest BCUT2D eigenvalue weighted by Gasteiger charge is 2.43. The van der Waals surface area contributed by atoms with Crippen molar-refractivity contribution in [2.45, 2.75) is 38.5 Å². The Kier molecular flexibility index (Phi) is 2.58. The van der Waals surface area contributed by atoms with E-state index in [1.54, 1.807) is 0 Å². The average molecular weight is 211 g/mol. The van der Waals surface area contributed by atoms with Gasteiger partial charge in [0.05, 0.1) is 0 Å². The van der Waals surface area contributed by atoms with Gasteiger partial charge in [-0.25, -0.2) is 4.98 Å². The van der Waals surface area contributed by atoms with E-state index in [1.165, 1.54) is 30.8 Å². The van der Waals surface area contributed by atoms with Crippen LogP contribution in [-0.4, -0.2) is 15.9 Å². The predicted molar refractivity (Wildman–Crippen MR) is 58.4 cm³/mol. The molecule has 0 amide bonds. The fourth-order valence-electron chi connectivity index (χ4n) is 2.45. The average Bonchev–Trinajstić information content (AvgIpc) is 2.73. The van der Waals surface area contributed by atoms with Crippen molar-refractivity contribution in [2.24, 2.45) is 11.7 Å². The number of nitrogens with zero attached hydrogens (tertiary/aromatic N) is 2. The van der Waals surface area contributed by atoms with Crippen molar-refractivity contribution in [2.75, 3.05) is 6.54 Å². The van der Waals surface area contributed by atoms with E-state index in [1.807, 2.05) is 6.92 Å². The molecule has 2 atom stereocenters. The summed E-state index contributed by atoms with van der Waals surface area (Å²) in [5, 5.41) is 1.16. The van der Waals surface area contributed by atoms with E-state index in [-0.39, 0.29) is 5.41 Å². The van der Waals surface area contributed by atoms with E-state index in [2.05, 4.69) is 16.3 Å². The fraction of sp³-hybridized carbons (Fsp3) is 0.800. The normalized spacial score (nSPS) is 32.4. The SMILES string of the molecule is Cc1nsc(C2(CN)CCCC2C)n1. The van der Waals surface area contributed by atoms with Crippen molar-refractivity contribution < 1.29 is 0 Å². The van der Waals surface area contributed by atoms with Gasteiger partial charge in [-0.3, -0.25) is 0 Å². The molecule has 0 aliphatic heterocycles. The highest BCUT2D eigenvalue weighted by molar-refractivity contribution is 7.05. The summed E-state index contributed by atoms with van der Waals surface area (Å²) < 4.78 is 4.26. The number of rotatable bonds is 2. The summed E-state index contributed by atoms with van der Waals surface area (Å²) in [5.74, 6) is 1.54. The Balaban J connectivity index is 2.37. The quantitative estimate of drug-likeness (QED) is 0.812. The maximum absolute atomic E-state index is 5.94. The molecule has 1 saturated carbocycles. The molecule has 0 aromatic carbocycles. The van der Waals surface area contributed by atoms with Gasteiger partial charge in [0, 0.05) is 12.0 Å². The molecule has 1 aromatic heterocycles. The lowest BCUT2D eigenvalue weighted by Gasteiger charge is -2.29. The summed E-state index contributed by atoms with van der Waals surface area (Å²) in [6.07, 6.45) is 3.73. The van der Waals surface area contributed by atoms with Gasteiger partial charge in [-0.1, -0.05) is 13.3 Å². The van der Waals surface area contributed by atoms with Crippen LogP contribution in [-0.2, 0) is 5.41 Å². The van der Waals surface area contributed by atoms with Crippen molar-refractivity contribution in [1.82, 2.24) is 9.36 Å². The molecule has 0 spiro atoms. The van der Waals surface area contributed by atoms with Crippen molar-refractivity contribution in [3.8, 4) is 0 Å². The summed E-state index contributed by atoms with van der Waals surface area (Å²) >= 11 is 1.53. The fourth-order valence-corrected chi connectivity index (χ4v) is 3.45. The minimum atomic E-state index is 0.131. The second-order valence-electron chi connectivity index (χ2n) is 4.30. The monoisotopic (exact) mass is 211 g/mol. The minimum Gasteiger partial charge on any atom is -0.329 e. The third-order valence-electron chi connectivity index (χ3n) is 3.52. The summed E-state index contributed by atoms with van der Waals surface area (Å²) in [6, 6.07) is 0. The van der Waals surface area contributed by atoms with Crippen LogP contribution in [0.3, 0.4) is 0 Å². The Labute approximate surface area is 88.9 Å². The van der Waals surface area contributed by atoms with Crippen LogP contribution >= 0.6 is 11.5 Å². The molecule has 1 aromatic rings. The smallest absolute Gasteiger partial charge is 0.139 e. The van der Waals surface area contributed by atoms with Crippen LogP contribution in [0.4, 0.5) is 0 Å². The molecule has 2 unspecified atom stereocenters. The van der Waals surface area contributed by atoms with E-state index >= 15 is 0 Å². The first kappa shape index (κ1) is 10.1. The summed E-state index contributed by atoms with van der Waals surface area (Å²) in [7, 11) is 0. The van der Waals surface area contributed by atoms with Gasteiger partial charge in [0.15, 0.2) is 0 Å². The first-order chi connectivity index (χ1) is 6.69. The Morgan fingerprint density at radius 2 is 2.43 bits per heavy atom. The maximum atomic E-state index is 5.94. The molecule has 0 bridgehead atoms. The lowest BCUT2D eigenvalue weighted by Crippen LogP contribution is -2.37. The zero-order valence-electron chi connectivity index (χ0n) is 8.79. The molecule has 2 N–H and O–H groups in total. The Hall–Kier alpha value is -0.480. The largest absolute Gasteiger partial charge is 0.329 e. The molecule has 1 aliphatic carbocycles. The van der Waals surface area contributed by atoms with Crippen molar-refractivity contribution >= 4 is 11.5 Å². The van der Waals surface area contributed by atoms with Crippen LogP contribution in [0.2, 0.25) is 0 Å². The maximum Gasteiger partial charge on any atom is 0.139 e. The molecule has 1 aliphatic rings. The van der Waals surface area contributed by atoms with Gasteiger partial charge in [-0.2, -0.15) is 4.37 Å².